The van der Waals surface area contributed by atoms with E-state index in [2.05, 4.69) is 22.9 Å². The van der Waals surface area contributed by atoms with Gasteiger partial charge in [0.1, 0.15) is 12.4 Å². The van der Waals surface area contributed by atoms with E-state index in [1.54, 1.807) is 0 Å². The van der Waals surface area contributed by atoms with Crippen LogP contribution in [-0.2, 0) is 9.47 Å². The Balaban J connectivity index is 1.52. The van der Waals surface area contributed by atoms with Crippen molar-refractivity contribution in [3.63, 3.8) is 0 Å². The van der Waals surface area contributed by atoms with Gasteiger partial charge in [0.25, 0.3) is 0 Å². The van der Waals surface area contributed by atoms with Crippen LogP contribution in [-0.4, -0.2) is 64.2 Å². The van der Waals surface area contributed by atoms with Gasteiger partial charge in [-0.25, -0.2) is 0 Å². The third kappa shape index (κ3) is 4.75. The lowest BCUT2D eigenvalue weighted by atomic mass is 10.2. The molecule has 1 unspecified atom stereocenters. The Morgan fingerprint density at radius 1 is 1.17 bits per heavy atom. The number of nitrogens with zero attached hydrogens (tertiary/aromatic N) is 2. The normalized spacial score (nSPS) is 22.5. The predicted octanol–water partition coefficient (Wildman–Crippen LogP) is 1.94. The van der Waals surface area contributed by atoms with Crippen molar-refractivity contribution in [1.82, 2.24) is 4.90 Å². The van der Waals surface area contributed by atoms with E-state index in [1.165, 1.54) is 6.42 Å². The third-order valence-electron chi connectivity index (χ3n) is 4.61. The summed E-state index contributed by atoms with van der Waals surface area (Å²) in [5.41, 5.74) is 7.78. The number of piperazine rings is 1. The zero-order valence-electron chi connectivity index (χ0n) is 14.6. The van der Waals surface area contributed by atoms with Gasteiger partial charge >= 0.3 is 0 Å². The Morgan fingerprint density at radius 3 is 2.75 bits per heavy atom. The summed E-state index contributed by atoms with van der Waals surface area (Å²) in [5.74, 6) is 0.840. The van der Waals surface area contributed by atoms with Crippen LogP contribution in [0.4, 0.5) is 11.4 Å². The first-order valence-corrected chi connectivity index (χ1v) is 8.91. The molecule has 6 heteroatoms. The molecule has 1 aromatic rings. The van der Waals surface area contributed by atoms with Gasteiger partial charge in [0.15, 0.2) is 6.29 Å². The van der Waals surface area contributed by atoms with Crippen LogP contribution < -0.4 is 15.4 Å². The highest BCUT2D eigenvalue weighted by molar-refractivity contribution is 5.64. The molecule has 2 aliphatic rings. The second-order valence-electron chi connectivity index (χ2n) is 6.53. The maximum atomic E-state index is 5.97. The van der Waals surface area contributed by atoms with Gasteiger partial charge in [0.2, 0.25) is 0 Å². The molecule has 6 nitrogen and oxygen atoms in total. The molecule has 0 spiro atoms. The van der Waals surface area contributed by atoms with Crippen LogP contribution in [0.25, 0.3) is 0 Å². The van der Waals surface area contributed by atoms with E-state index in [0.29, 0.717) is 13.2 Å². The predicted molar refractivity (Wildman–Crippen MR) is 95.6 cm³/mol. The van der Waals surface area contributed by atoms with E-state index in [0.717, 1.165) is 62.8 Å². The number of likely N-dealkylation sites (N-methyl/N-ethyl adjacent to an activating group) is 1. The highest BCUT2D eigenvalue weighted by Crippen LogP contribution is 2.31. The number of nitrogen functional groups attached to an aromatic ring is 1. The largest absolute Gasteiger partial charge is 0.489 e. The topological polar surface area (TPSA) is 60.2 Å². The van der Waals surface area contributed by atoms with E-state index < -0.39 is 0 Å². The molecule has 0 amide bonds. The lowest BCUT2D eigenvalue weighted by Crippen LogP contribution is -2.44. The maximum absolute atomic E-state index is 5.97. The van der Waals surface area contributed by atoms with Crippen LogP contribution in [0.3, 0.4) is 0 Å². The van der Waals surface area contributed by atoms with Crippen molar-refractivity contribution in [3.8, 4) is 5.75 Å². The molecule has 2 N–H and O–H groups in total. The summed E-state index contributed by atoms with van der Waals surface area (Å²) in [6, 6.07) is 5.90. The van der Waals surface area contributed by atoms with E-state index in [1.807, 2.05) is 12.1 Å². The SMILES string of the molecule is CN1CCN(c2ccc(N)cc2OCCOC2CCCCO2)CC1. The van der Waals surface area contributed by atoms with Crippen LogP contribution in [0.5, 0.6) is 5.75 Å². The monoisotopic (exact) mass is 335 g/mol. The molecule has 2 heterocycles. The zero-order valence-corrected chi connectivity index (χ0v) is 14.6. The molecule has 24 heavy (non-hydrogen) atoms. The minimum Gasteiger partial charge on any atom is -0.489 e. The van der Waals surface area contributed by atoms with Crippen molar-refractivity contribution >= 4 is 11.4 Å². The molecular formula is C18H29N3O3. The lowest BCUT2D eigenvalue weighted by molar-refractivity contribution is -0.165. The molecule has 1 aromatic carbocycles. The molecule has 0 aliphatic carbocycles. The number of rotatable bonds is 6. The lowest BCUT2D eigenvalue weighted by Gasteiger charge is -2.35. The first kappa shape index (κ1) is 17.3. The molecule has 2 fully saturated rings. The van der Waals surface area contributed by atoms with Gasteiger partial charge in [-0.05, 0) is 38.4 Å². The van der Waals surface area contributed by atoms with Gasteiger partial charge in [-0.3, -0.25) is 0 Å². The molecule has 0 bridgehead atoms. The van der Waals surface area contributed by atoms with Crippen LogP contribution in [0.2, 0.25) is 0 Å². The summed E-state index contributed by atoms with van der Waals surface area (Å²) in [5, 5.41) is 0. The van der Waals surface area contributed by atoms with Crippen molar-refractivity contribution in [2.75, 3.05) is 63.7 Å². The van der Waals surface area contributed by atoms with Crippen LogP contribution in [0.15, 0.2) is 18.2 Å². The Labute approximate surface area is 144 Å². The minimum absolute atomic E-state index is 0.0692. The number of nitrogens with two attached hydrogens (primary N) is 1. The van der Waals surface area contributed by atoms with E-state index in [-0.39, 0.29) is 6.29 Å². The molecule has 1 atom stereocenters. The Morgan fingerprint density at radius 2 is 2.00 bits per heavy atom. The molecule has 134 valence electrons. The summed E-state index contributed by atoms with van der Waals surface area (Å²) in [6.07, 6.45) is 3.22. The average molecular weight is 335 g/mol. The molecule has 0 radical (unpaired) electrons. The molecule has 2 saturated heterocycles. The summed E-state index contributed by atoms with van der Waals surface area (Å²) >= 11 is 0. The second-order valence-corrected chi connectivity index (χ2v) is 6.53. The average Bonchev–Trinajstić information content (AvgIpc) is 2.61. The smallest absolute Gasteiger partial charge is 0.157 e. The molecule has 2 aliphatic heterocycles. The van der Waals surface area contributed by atoms with Gasteiger partial charge in [-0.1, -0.05) is 0 Å². The summed E-state index contributed by atoms with van der Waals surface area (Å²) < 4.78 is 17.3. The van der Waals surface area contributed by atoms with Gasteiger partial charge in [0.05, 0.1) is 12.3 Å². The molecule has 3 rings (SSSR count). The summed E-state index contributed by atoms with van der Waals surface area (Å²) in [7, 11) is 2.16. The van der Waals surface area contributed by atoms with Crippen LogP contribution >= 0.6 is 0 Å². The first-order valence-electron chi connectivity index (χ1n) is 8.91. The van der Waals surface area contributed by atoms with Crippen LogP contribution in [0, 0.1) is 0 Å². The van der Waals surface area contributed by atoms with Crippen molar-refractivity contribution in [3.05, 3.63) is 18.2 Å². The molecule has 0 aromatic heterocycles. The van der Waals surface area contributed by atoms with Crippen molar-refractivity contribution in [2.24, 2.45) is 0 Å². The van der Waals surface area contributed by atoms with E-state index in [9.17, 15) is 0 Å². The maximum Gasteiger partial charge on any atom is 0.157 e. The number of hydrogen-bond donors (Lipinski definition) is 1. The molecule has 0 saturated carbocycles. The minimum atomic E-state index is -0.0692. The van der Waals surface area contributed by atoms with Gasteiger partial charge < -0.3 is 29.7 Å². The fourth-order valence-corrected chi connectivity index (χ4v) is 3.13. The van der Waals surface area contributed by atoms with Gasteiger partial charge in [0, 0.05) is 44.5 Å². The Bertz CT molecular complexity index is 512. The number of hydrogen-bond acceptors (Lipinski definition) is 6. The fraction of sp³-hybridized carbons (Fsp3) is 0.667. The zero-order chi connectivity index (χ0) is 16.8. The van der Waals surface area contributed by atoms with Crippen molar-refractivity contribution < 1.29 is 14.2 Å². The summed E-state index contributed by atoms with van der Waals surface area (Å²) in [4.78, 5) is 4.70. The number of benzene rings is 1. The number of anilines is 2. The Kier molecular flexibility index (Phi) is 6.18. The van der Waals surface area contributed by atoms with Crippen molar-refractivity contribution in [2.45, 2.75) is 25.6 Å². The quantitative estimate of drug-likeness (QED) is 0.633. The third-order valence-corrected chi connectivity index (χ3v) is 4.61. The standard InChI is InChI=1S/C18H29N3O3/c1-20-7-9-21(10-8-20)16-6-5-15(19)14-17(16)22-12-13-24-18-4-2-3-11-23-18/h5-6,14,18H,2-4,7-13,19H2,1H3. The fourth-order valence-electron chi connectivity index (χ4n) is 3.13. The van der Waals surface area contributed by atoms with Crippen LogP contribution in [0.1, 0.15) is 19.3 Å². The van der Waals surface area contributed by atoms with Gasteiger partial charge in [-0.2, -0.15) is 0 Å². The highest BCUT2D eigenvalue weighted by atomic mass is 16.7. The first-order chi connectivity index (χ1) is 11.7. The Hall–Kier alpha value is -1.50. The highest BCUT2D eigenvalue weighted by Gasteiger charge is 2.18. The summed E-state index contributed by atoms with van der Waals surface area (Å²) in [6.45, 7) is 5.96. The van der Waals surface area contributed by atoms with E-state index in [4.69, 9.17) is 19.9 Å². The molecular weight excluding hydrogens is 306 g/mol. The van der Waals surface area contributed by atoms with Gasteiger partial charge in [-0.15, -0.1) is 0 Å². The van der Waals surface area contributed by atoms with E-state index >= 15 is 0 Å². The second kappa shape index (κ2) is 8.55. The number of ether oxygens (including phenoxy) is 3. The van der Waals surface area contributed by atoms with Crippen molar-refractivity contribution in [1.29, 1.82) is 0 Å².